The van der Waals surface area contributed by atoms with E-state index in [-0.39, 0.29) is 5.82 Å². The Labute approximate surface area is 128 Å². The van der Waals surface area contributed by atoms with Crippen LogP contribution >= 0.6 is 8.25 Å². The SMILES string of the molecule is CCO[PH](=O)OCC.C[Si](C)(C)OCc1ccc(F)cc1. The van der Waals surface area contributed by atoms with Gasteiger partial charge in [-0.3, -0.25) is 4.57 Å². The second kappa shape index (κ2) is 11.1. The van der Waals surface area contributed by atoms with Crippen LogP contribution in [0.15, 0.2) is 24.3 Å². The van der Waals surface area contributed by atoms with E-state index in [4.69, 9.17) is 4.43 Å². The lowest BCUT2D eigenvalue weighted by Crippen LogP contribution is -2.24. The van der Waals surface area contributed by atoms with Crippen LogP contribution in [-0.4, -0.2) is 21.5 Å². The Hall–Kier alpha value is -0.523. The van der Waals surface area contributed by atoms with E-state index in [1.165, 1.54) is 12.1 Å². The summed E-state index contributed by atoms with van der Waals surface area (Å²) in [5, 5.41) is 0. The molecule has 0 saturated carbocycles. The van der Waals surface area contributed by atoms with Gasteiger partial charge in [0, 0.05) is 0 Å². The van der Waals surface area contributed by atoms with Gasteiger partial charge in [0.1, 0.15) is 5.82 Å². The second-order valence-corrected chi connectivity index (χ2v) is 10.7. The van der Waals surface area contributed by atoms with Gasteiger partial charge < -0.3 is 13.5 Å². The monoisotopic (exact) mass is 336 g/mol. The maximum atomic E-state index is 12.5. The molecule has 7 heteroatoms. The highest BCUT2D eigenvalue weighted by molar-refractivity contribution is 7.33. The molecular formula is C14H26FO4PSi. The lowest BCUT2D eigenvalue weighted by Gasteiger charge is -2.16. The number of halogens is 1. The van der Waals surface area contributed by atoms with Gasteiger partial charge in [0.2, 0.25) is 0 Å². The van der Waals surface area contributed by atoms with Gasteiger partial charge in [-0.25, -0.2) is 4.39 Å². The number of hydrogen-bond acceptors (Lipinski definition) is 4. The zero-order valence-electron chi connectivity index (χ0n) is 13.4. The molecule has 0 fully saturated rings. The van der Waals surface area contributed by atoms with E-state index in [1.807, 2.05) is 0 Å². The van der Waals surface area contributed by atoms with E-state index >= 15 is 0 Å². The van der Waals surface area contributed by atoms with Crippen LogP contribution in [0.4, 0.5) is 4.39 Å². The van der Waals surface area contributed by atoms with E-state index in [1.54, 1.807) is 26.0 Å². The first-order chi connectivity index (χ1) is 9.78. The van der Waals surface area contributed by atoms with E-state index in [0.717, 1.165) is 5.56 Å². The quantitative estimate of drug-likeness (QED) is 0.538. The molecule has 1 aromatic carbocycles. The summed E-state index contributed by atoms with van der Waals surface area (Å²) in [5.74, 6) is -0.197. The molecule has 0 radical (unpaired) electrons. The van der Waals surface area contributed by atoms with Crippen LogP contribution in [0.5, 0.6) is 0 Å². The Morgan fingerprint density at radius 1 is 1.05 bits per heavy atom. The van der Waals surface area contributed by atoms with Crippen molar-refractivity contribution in [3.05, 3.63) is 35.6 Å². The Morgan fingerprint density at radius 2 is 1.52 bits per heavy atom. The summed E-state index contributed by atoms with van der Waals surface area (Å²) in [6.45, 7) is 11.5. The van der Waals surface area contributed by atoms with E-state index in [2.05, 4.69) is 28.7 Å². The molecule has 0 atom stereocenters. The van der Waals surface area contributed by atoms with Crippen molar-refractivity contribution >= 4 is 16.6 Å². The third-order valence-electron chi connectivity index (χ3n) is 2.11. The molecule has 0 bridgehead atoms. The molecule has 0 aromatic heterocycles. The first-order valence-electron chi connectivity index (χ1n) is 6.96. The Bertz CT molecular complexity index is 398. The number of rotatable bonds is 7. The highest BCUT2D eigenvalue weighted by Crippen LogP contribution is 2.21. The predicted molar refractivity (Wildman–Crippen MR) is 86.8 cm³/mol. The third kappa shape index (κ3) is 12.9. The summed E-state index contributed by atoms with van der Waals surface area (Å²) in [6.07, 6.45) is 0. The second-order valence-electron chi connectivity index (χ2n) is 5.14. The van der Waals surface area contributed by atoms with Crippen LogP contribution in [-0.2, 0) is 24.6 Å². The van der Waals surface area contributed by atoms with Gasteiger partial charge in [-0.1, -0.05) is 12.1 Å². The van der Waals surface area contributed by atoms with Crippen molar-refractivity contribution in [2.45, 2.75) is 40.1 Å². The molecule has 0 spiro atoms. The molecule has 1 rings (SSSR count). The molecule has 0 unspecified atom stereocenters. The normalized spacial score (nSPS) is 11.2. The van der Waals surface area contributed by atoms with Crippen LogP contribution in [0.3, 0.4) is 0 Å². The highest BCUT2D eigenvalue weighted by atomic mass is 31.1. The van der Waals surface area contributed by atoms with Crippen molar-refractivity contribution in [3.63, 3.8) is 0 Å². The molecule has 21 heavy (non-hydrogen) atoms. The van der Waals surface area contributed by atoms with Crippen LogP contribution in [0.1, 0.15) is 19.4 Å². The fourth-order valence-electron chi connectivity index (χ4n) is 1.16. The fraction of sp³-hybridized carbons (Fsp3) is 0.571. The van der Waals surface area contributed by atoms with Crippen molar-refractivity contribution < 1.29 is 22.4 Å². The van der Waals surface area contributed by atoms with Crippen molar-refractivity contribution in [2.75, 3.05) is 13.2 Å². The zero-order valence-corrected chi connectivity index (χ0v) is 15.4. The summed E-state index contributed by atoms with van der Waals surface area (Å²) in [6, 6.07) is 6.44. The smallest absolute Gasteiger partial charge is 0.319 e. The zero-order chi connectivity index (χ0) is 16.3. The lowest BCUT2D eigenvalue weighted by atomic mass is 10.2. The van der Waals surface area contributed by atoms with Gasteiger partial charge in [-0.2, -0.15) is 0 Å². The molecule has 0 N–H and O–H groups in total. The number of benzene rings is 1. The summed E-state index contributed by atoms with van der Waals surface area (Å²) >= 11 is 0. The molecule has 1 aromatic rings. The molecule has 0 saturated heterocycles. The maximum absolute atomic E-state index is 12.5. The van der Waals surface area contributed by atoms with E-state index in [0.29, 0.717) is 19.8 Å². The van der Waals surface area contributed by atoms with Crippen molar-refractivity contribution in [1.29, 1.82) is 0 Å². The Morgan fingerprint density at radius 3 is 1.90 bits per heavy atom. The third-order valence-corrected chi connectivity index (χ3v) is 4.17. The van der Waals surface area contributed by atoms with Crippen LogP contribution in [0.25, 0.3) is 0 Å². The van der Waals surface area contributed by atoms with Gasteiger partial charge in [0.25, 0.3) is 0 Å². The summed E-state index contributed by atoms with van der Waals surface area (Å²) in [7, 11) is -3.59. The van der Waals surface area contributed by atoms with Crippen LogP contribution < -0.4 is 0 Å². The van der Waals surface area contributed by atoms with Gasteiger partial charge in [-0.15, -0.1) is 0 Å². The topological polar surface area (TPSA) is 44.8 Å². The van der Waals surface area contributed by atoms with Crippen molar-refractivity contribution in [3.8, 4) is 0 Å². The van der Waals surface area contributed by atoms with Crippen LogP contribution in [0, 0.1) is 5.82 Å². The fourth-order valence-corrected chi connectivity index (χ4v) is 2.31. The molecule has 0 aliphatic carbocycles. The highest BCUT2D eigenvalue weighted by Gasteiger charge is 2.13. The Kier molecular flexibility index (Phi) is 10.8. The minimum Gasteiger partial charge on any atom is -0.413 e. The molecule has 0 aliphatic heterocycles. The van der Waals surface area contributed by atoms with Crippen molar-refractivity contribution in [1.82, 2.24) is 0 Å². The van der Waals surface area contributed by atoms with Crippen molar-refractivity contribution in [2.24, 2.45) is 0 Å². The van der Waals surface area contributed by atoms with Gasteiger partial charge >= 0.3 is 8.25 Å². The first-order valence-corrected chi connectivity index (χ1v) is 11.6. The standard InChI is InChI=1S/C10H15FOSi.C4H11O3P/c1-13(2,3)12-8-9-4-6-10(11)7-5-9;1-3-6-8(5)7-4-2/h4-7H,8H2,1-3H3;8H,3-4H2,1-2H3. The molecule has 0 aliphatic rings. The molecule has 122 valence electrons. The predicted octanol–water partition coefficient (Wildman–Crippen LogP) is 4.63. The van der Waals surface area contributed by atoms with Gasteiger partial charge in [0.05, 0.1) is 19.8 Å². The molecule has 0 amide bonds. The largest absolute Gasteiger partial charge is 0.413 e. The minimum absolute atomic E-state index is 0.197. The summed E-state index contributed by atoms with van der Waals surface area (Å²) < 4.78 is 37.8. The average molecular weight is 336 g/mol. The van der Waals surface area contributed by atoms with Crippen LogP contribution in [0.2, 0.25) is 19.6 Å². The summed E-state index contributed by atoms with van der Waals surface area (Å²) in [5.41, 5.74) is 1.03. The van der Waals surface area contributed by atoms with Gasteiger partial charge in [0.15, 0.2) is 8.32 Å². The maximum Gasteiger partial charge on any atom is 0.319 e. The molecular weight excluding hydrogens is 310 g/mol. The van der Waals surface area contributed by atoms with E-state index < -0.39 is 16.6 Å². The molecule has 0 heterocycles. The average Bonchev–Trinajstić information content (AvgIpc) is 2.38. The van der Waals surface area contributed by atoms with Gasteiger partial charge in [-0.05, 0) is 51.2 Å². The summed E-state index contributed by atoms with van der Waals surface area (Å²) in [4.78, 5) is 0. The number of hydrogen-bond donors (Lipinski definition) is 0. The Balaban J connectivity index is 0.000000433. The minimum atomic E-state index is -2.14. The molecule has 4 nitrogen and oxygen atoms in total. The lowest BCUT2D eigenvalue weighted by molar-refractivity contribution is 0.243. The van der Waals surface area contributed by atoms with E-state index in [9.17, 15) is 8.96 Å². The first kappa shape index (κ1) is 20.5.